The lowest BCUT2D eigenvalue weighted by Gasteiger charge is -2.28. The number of benzene rings is 2. The van der Waals surface area contributed by atoms with Crippen molar-refractivity contribution in [3.8, 4) is 5.75 Å². The number of rotatable bonds is 6. The van der Waals surface area contributed by atoms with E-state index in [0.29, 0.717) is 11.7 Å². The van der Waals surface area contributed by atoms with Crippen LogP contribution in [0.1, 0.15) is 62.3 Å². The summed E-state index contributed by atoms with van der Waals surface area (Å²) in [6.45, 7) is 4.25. The Labute approximate surface area is 182 Å². The minimum Gasteiger partial charge on any atom is -0.506 e. The second kappa shape index (κ2) is 8.73. The first-order chi connectivity index (χ1) is 14.5. The third-order valence-corrected chi connectivity index (χ3v) is 7.28. The molecule has 0 amide bonds. The molecule has 1 aromatic heterocycles. The summed E-state index contributed by atoms with van der Waals surface area (Å²) in [6.07, 6.45) is 4.96. The first-order valence-electron chi connectivity index (χ1n) is 10.7. The molecular weight excluding hydrogens is 392 g/mol. The van der Waals surface area contributed by atoms with Crippen molar-refractivity contribution in [1.29, 1.82) is 0 Å². The van der Waals surface area contributed by atoms with Gasteiger partial charge in [-0.1, -0.05) is 87.0 Å². The molecule has 3 aromatic rings. The van der Waals surface area contributed by atoms with Gasteiger partial charge in [-0.2, -0.15) is 0 Å². The zero-order valence-electron chi connectivity index (χ0n) is 17.6. The van der Waals surface area contributed by atoms with Crippen LogP contribution in [0.3, 0.4) is 0 Å². The summed E-state index contributed by atoms with van der Waals surface area (Å²) >= 11 is 1.29. The predicted octanol–water partition coefficient (Wildman–Crippen LogP) is 6.67. The molecule has 156 valence electrons. The van der Waals surface area contributed by atoms with E-state index in [0.717, 1.165) is 42.6 Å². The van der Waals surface area contributed by atoms with Crippen molar-refractivity contribution in [1.82, 2.24) is 0 Å². The predicted molar refractivity (Wildman–Crippen MR) is 122 cm³/mol. The van der Waals surface area contributed by atoms with E-state index < -0.39 is 5.63 Å². The highest BCUT2D eigenvalue weighted by molar-refractivity contribution is 7.99. The maximum absolute atomic E-state index is 13.0. The summed E-state index contributed by atoms with van der Waals surface area (Å²) < 4.78 is 5.88. The molecule has 0 spiro atoms. The average molecular weight is 421 g/mol. The van der Waals surface area contributed by atoms with Crippen molar-refractivity contribution >= 4 is 11.8 Å². The molecular formula is C26H28O3S. The van der Waals surface area contributed by atoms with Crippen molar-refractivity contribution in [2.24, 2.45) is 0 Å². The van der Waals surface area contributed by atoms with E-state index in [4.69, 9.17) is 4.42 Å². The molecule has 30 heavy (non-hydrogen) atoms. The lowest BCUT2D eigenvalue weighted by Crippen LogP contribution is -2.26. The van der Waals surface area contributed by atoms with Crippen molar-refractivity contribution in [2.45, 2.75) is 67.1 Å². The van der Waals surface area contributed by atoms with Gasteiger partial charge >= 0.3 is 5.63 Å². The lowest BCUT2D eigenvalue weighted by atomic mass is 9.77. The quantitative estimate of drug-likeness (QED) is 0.483. The van der Waals surface area contributed by atoms with Gasteiger partial charge in [0.1, 0.15) is 16.4 Å². The highest BCUT2D eigenvalue weighted by Gasteiger charge is 2.39. The maximum Gasteiger partial charge on any atom is 0.353 e. The van der Waals surface area contributed by atoms with Crippen molar-refractivity contribution in [3.63, 3.8) is 0 Å². The second-order valence-electron chi connectivity index (χ2n) is 8.56. The van der Waals surface area contributed by atoms with Crippen LogP contribution in [0.15, 0.2) is 79.7 Å². The fourth-order valence-corrected chi connectivity index (χ4v) is 5.61. The topological polar surface area (TPSA) is 50.4 Å². The maximum atomic E-state index is 13.0. The van der Waals surface area contributed by atoms with E-state index in [-0.39, 0.29) is 16.1 Å². The van der Waals surface area contributed by atoms with Crippen LogP contribution in [0.5, 0.6) is 5.75 Å². The van der Waals surface area contributed by atoms with Crippen LogP contribution in [-0.2, 0) is 11.8 Å². The van der Waals surface area contributed by atoms with E-state index in [1.165, 1.54) is 17.3 Å². The summed E-state index contributed by atoms with van der Waals surface area (Å²) in [4.78, 5) is 14.2. The molecule has 0 atom stereocenters. The lowest BCUT2D eigenvalue weighted by molar-refractivity contribution is 0.303. The van der Waals surface area contributed by atoms with Gasteiger partial charge in [0.2, 0.25) is 0 Å². The van der Waals surface area contributed by atoms with Crippen LogP contribution >= 0.6 is 11.8 Å². The standard InChI is InChI=1S/C26H28O3S/c1-18(2)20-12-6-7-13-22(20)30-24-21(27)16-23(29-25(24)28)26(14-8-9-15-26)17-19-10-4-3-5-11-19/h3-7,10-13,16,18,27H,8-9,14-15,17H2,1-2H3. The van der Waals surface area contributed by atoms with Crippen LogP contribution in [-0.4, -0.2) is 5.11 Å². The van der Waals surface area contributed by atoms with Crippen LogP contribution in [0.25, 0.3) is 0 Å². The summed E-state index contributed by atoms with van der Waals surface area (Å²) in [6, 6.07) is 20.0. The molecule has 1 fully saturated rings. The van der Waals surface area contributed by atoms with E-state index in [1.54, 1.807) is 6.07 Å². The molecule has 0 bridgehead atoms. The molecule has 0 unspecified atom stereocenters. The molecule has 2 aromatic carbocycles. The van der Waals surface area contributed by atoms with Crippen LogP contribution in [0.2, 0.25) is 0 Å². The minimum atomic E-state index is -0.451. The first-order valence-corrected chi connectivity index (χ1v) is 11.5. The zero-order valence-corrected chi connectivity index (χ0v) is 18.4. The summed E-state index contributed by atoms with van der Waals surface area (Å²) in [7, 11) is 0. The summed E-state index contributed by atoms with van der Waals surface area (Å²) in [5.41, 5.74) is 1.71. The molecule has 1 heterocycles. The molecule has 1 aliphatic rings. The molecule has 1 aliphatic carbocycles. The molecule has 1 N–H and O–H groups in total. The molecule has 0 aliphatic heterocycles. The summed E-state index contributed by atoms with van der Waals surface area (Å²) in [5, 5.41) is 10.8. The van der Waals surface area contributed by atoms with E-state index in [2.05, 4.69) is 32.0 Å². The second-order valence-corrected chi connectivity index (χ2v) is 9.61. The van der Waals surface area contributed by atoms with Gasteiger partial charge < -0.3 is 9.52 Å². The Kier molecular flexibility index (Phi) is 6.05. The highest BCUT2D eigenvalue weighted by Crippen LogP contribution is 2.45. The molecule has 0 saturated heterocycles. The fraction of sp³-hybridized carbons (Fsp3) is 0.346. The van der Waals surface area contributed by atoms with Crippen molar-refractivity contribution in [3.05, 3.63) is 88.0 Å². The van der Waals surface area contributed by atoms with E-state index >= 15 is 0 Å². The van der Waals surface area contributed by atoms with Gasteiger partial charge in [0.05, 0.1) is 0 Å². The Bertz CT molecular complexity index is 1060. The molecule has 0 radical (unpaired) electrons. The van der Waals surface area contributed by atoms with E-state index in [9.17, 15) is 9.90 Å². The SMILES string of the molecule is CC(C)c1ccccc1Sc1c(O)cc(C2(Cc3ccccc3)CCCC2)oc1=O. The van der Waals surface area contributed by atoms with Gasteiger partial charge in [0.25, 0.3) is 0 Å². The smallest absolute Gasteiger partial charge is 0.353 e. The molecule has 4 rings (SSSR count). The summed E-state index contributed by atoms with van der Waals surface area (Å²) in [5.74, 6) is 0.965. The monoisotopic (exact) mass is 420 g/mol. The van der Waals surface area contributed by atoms with Crippen LogP contribution in [0.4, 0.5) is 0 Å². The Morgan fingerprint density at radius 1 is 1.03 bits per heavy atom. The molecule has 3 nitrogen and oxygen atoms in total. The number of hydrogen-bond acceptors (Lipinski definition) is 4. The average Bonchev–Trinajstić information content (AvgIpc) is 3.21. The molecule has 4 heteroatoms. The normalized spacial score (nSPS) is 15.6. The number of hydrogen-bond donors (Lipinski definition) is 1. The minimum absolute atomic E-state index is 0.0177. The Balaban J connectivity index is 1.69. The Hall–Kier alpha value is -2.46. The van der Waals surface area contributed by atoms with Gasteiger partial charge in [0, 0.05) is 16.4 Å². The van der Waals surface area contributed by atoms with Crippen molar-refractivity contribution in [2.75, 3.05) is 0 Å². The van der Waals surface area contributed by atoms with Gasteiger partial charge in [-0.15, -0.1) is 0 Å². The van der Waals surface area contributed by atoms with Gasteiger partial charge in [-0.05, 0) is 42.4 Å². The Morgan fingerprint density at radius 2 is 1.70 bits per heavy atom. The van der Waals surface area contributed by atoms with Gasteiger partial charge in [0.15, 0.2) is 0 Å². The first kappa shape index (κ1) is 20.8. The fourth-order valence-electron chi connectivity index (χ4n) is 4.53. The third kappa shape index (κ3) is 4.20. The largest absolute Gasteiger partial charge is 0.506 e. The van der Waals surface area contributed by atoms with E-state index in [1.807, 2.05) is 36.4 Å². The Morgan fingerprint density at radius 3 is 2.37 bits per heavy atom. The van der Waals surface area contributed by atoms with Crippen LogP contribution < -0.4 is 5.63 Å². The third-order valence-electron chi connectivity index (χ3n) is 6.11. The highest BCUT2D eigenvalue weighted by atomic mass is 32.2. The van der Waals surface area contributed by atoms with Crippen molar-refractivity contribution < 1.29 is 9.52 Å². The van der Waals surface area contributed by atoms with Gasteiger partial charge in [-0.3, -0.25) is 0 Å². The number of aromatic hydroxyl groups is 1. The molecule has 1 saturated carbocycles. The van der Waals surface area contributed by atoms with Crippen LogP contribution in [0, 0.1) is 0 Å². The zero-order chi connectivity index (χ0) is 21.1. The van der Waals surface area contributed by atoms with Gasteiger partial charge in [-0.25, -0.2) is 4.79 Å².